The summed E-state index contributed by atoms with van der Waals surface area (Å²) in [5.74, 6) is -0.278. The number of rotatable bonds is 1. The Balaban J connectivity index is 0.000000980. The fourth-order valence-corrected chi connectivity index (χ4v) is 1.09. The maximum Gasteiger partial charge on any atom is 0.0379 e. The second-order valence-electron chi connectivity index (χ2n) is 2.64. The van der Waals surface area contributed by atoms with Gasteiger partial charge in [0.05, 0.1) is 0 Å². The molecule has 0 aliphatic heterocycles. The van der Waals surface area contributed by atoms with Gasteiger partial charge < -0.3 is 4.98 Å². The second-order valence-corrected chi connectivity index (χ2v) is 2.64. The SMILES string of the molecule is Fc1c[c-]c(-c2ccccn2)cc1.[Pd]. The zero-order valence-electron chi connectivity index (χ0n) is 7.18. The molecular formula is C11H7FNPd-. The van der Waals surface area contributed by atoms with E-state index in [9.17, 15) is 4.39 Å². The van der Waals surface area contributed by atoms with Crippen LogP contribution in [0.3, 0.4) is 0 Å². The quantitative estimate of drug-likeness (QED) is 0.577. The molecule has 74 valence electrons. The van der Waals surface area contributed by atoms with E-state index >= 15 is 0 Å². The van der Waals surface area contributed by atoms with Crippen molar-refractivity contribution in [3.8, 4) is 11.3 Å². The molecule has 0 saturated carbocycles. The van der Waals surface area contributed by atoms with Gasteiger partial charge in [-0.3, -0.25) is 4.39 Å². The molecule has 1 nitrogen and oxygen atoms in total. The standard InChI is InChI=1S/C11H7FN.Pd/c12-10-6-4-9(5-7-10)11-3-1-2-8-13-11;/h1-4,6-8H;/q-1;. The van der Waals surface area contributed by atoms with E-state index in [1.807, 2.05) is 18.2 Å². The minimum Gasteiger partial charge on any atom is -0.305 e. The average molecular weight is 279 g/mol. The smallest absolute Gasteiger partial charge is 0.0379 e. The van der Waals surface area contributed by atoms with E-state index < -0.39 is 0 Å². The van der Waals surface area contributed by atoms with Gasteiger partial charge in [-0.1, -0.05) is 12.1 Å². The molecule has 0 unspecified atom stereocenters. The van der Waals surface area contributed by atoms with Crippen LogP contribution in [0.25, 0.3) is 11.3 Å². The van der Waals surface area contributed by atoms with Crippen LogP contribution < -0.4 is 0 Å². The molecular weight excluding hydrogens is 272 g/mol. The van der Waals surface area contributed by atoms with Crippen molar-refractivity contribution in [2.45, 2.75) is 0 Å². The molecule has 14 heavy (non-hydrogen) atoms. The van der Waals surface area contributed by atoms with Crippen LogP contribution in [0.4, 0.5) is 4.39 Å². The number of hydrogen-bond donors (Lipinski definition) is 0. The zero-order chi connectivity index (χ0) is 9.10. The summed E-state index contributed by atoms with van der Waals surface area (Å²) in [5, 5.41) is 0. The Bertz CT molecular complexity index is 386. The first-order chi connectivity index (χ1) is 6.36. The molecule has 3 heteroatoms. The summed E-state index contributed by atoms with van der Waals surface area (Å²) < 4.78 is 12.6. The summed E-state index contributed by atoms with van der Waals surface area (Å²) in [6, 6.07) is 12.8. The first kappa shape index (κ1) is 11.0. The molecule has 0 N–H and O–H groups in total. The summed E-state index contributed by atoms with van der Waals surface area (Å²) in [5.41, 5.74) is 1.62. The molecule has 0 bridgehead atoms. The average Bonchev–Trinajstić information content (AvgIpc) is 2.20. The van der Waals surface area contributed by atoms with E-state index in [1.54, 1.807) is 12.3 Å². The van der Waals surface area contributed by atoms with Gasteiger partial charge in [0.15, 0.2) is 0 Å². The van der Waals surface area contributed by atoms with E-state index in [1.165, 1.54) is 12.1 Å². The van der Waals surface area contributed by atoms with Crippen LogP contribution in [0.2, 0.25) is 0 Å². The Morgan fingerprint density at radius 1 is 1.14 bits per heavy atom. The van der Waals surface area contributed by atoms with Gasteiger partial charge in [-0.15, -0.1) is 29.8 Å². The zero-order valence-corrected chi connectivity index (χ0v) is 8.74. The van der Waals surface area contributed by atoms with Gasteiger partial charge in [-0.25, -0.2) is 0 Å². The summed E-state index contributed by atoms with van der Waals surface area (Å²) in [6.07, 6.45) is 1.70. The van der Waals surface area contributed by atoms with Crippen molar-refractivity contribution in [1.29, 1.82) is 0 Å². The molecule has 0 aliphatic rings. The molecule has 0 saturated heterocycles. The maximum atomic E-state index is 12.6. The van der Waals surface area contributed by atoms with E-state index in [2.05, 4.69) is 11.1 Å². The Morgan fingerprint density at radius 2 is 2.00 bits per heavy atom. The number of pyridine rings is 1. The van der Waals surface area contributed by atoms with Gasteiger partial charge >= 0.3 is 0 Å². The summed E-state index contributed by atoms with van der Waals surface area (Å²) in [7, 11) is 0. The molecule has 0 aliphatic carbocycles. The van der Waals surface area contributed by atoms with Crippen molar-refractivity contribution in [2.75, 3.05) is 0 Å². The van der Waals surface area contributed by atoms with Gasteiger partial charge in [0.1, 0.15) is 0 Å². The topological polar surface area (TPSA) is 12.9 Å². The summed E-state index contributed by atoms with van der Waals surface area (Å²) in [4.78, 5) is 4.12. The van der Waals surface area contributed by atoms with E-state index in [4.69, 9.17) is 0 Å². The summed E-state index contributed by atoms with van der Waals surface area (Å²) in [6.45, 7) is 0. The van der Waals surface area contributed by atoms with Crippen LogP contribution in [0, 0.1) is 11.9 Å². The number of halogens is 1. The third-order valence-electron chi connectivity index (χ3n) is 1.72. The van der Waals surface area contributed by atoms with E-state index in [0.717, 1.165) is 11.3 Å². The predicted molar refractivity (Wildman–Crippen MR) is 48.5 cm³/mol. The monoisotopic (exact) mass is 278 g/mol. The molecule has 0 spiro atoms. The largest absolute Gasteiger partial charge is 0.305 e. The van der Waals surface area contributed by atoms with Gasteiger partial charge in [0, 0.05) is 32.4 Å². The van der Waals surface area contributed by atoms with Gasteiger partial charge in [0.2, 0.25) is 0 Å². The second kappa shape index (κ2) is 5.00. The molecule has 0 fully saturated rings. The Morgan fingerprint density at radius 3 is 2.57 bits per heavy atom. The van der Waals surface area contributed by atoms with Crippen molar-refractivity contribution < 1.29 is 24.8 Å². The Kier molecular flexibility index (Phi) is 3.94. The third kappa shape index (κ3) is 2.48. The van der Waals surface area contributed by atoms with Gasteiger partial charge in [0.25, 0.3) is 0 Å². The fraction of sp³-hybridized carbons (Fsp3) is 0. The van der Waals surface area contributed by atoms with Gasteiger partial charge in [-0.2, -0.15) is 0 Å². The van der Waals surface area contributed by atoms with Crippen molar-refractivity contribution in [2.24, 2.45) is 0 Å². The summed E-state index contributed by atoms with van der Waals surface area (Å²) >= 11 is 0. The number of nitrogens with zero attached hydrogens (tertiary/aromatic N) is 1. The van der Waals surface area contributed by atoms with Crippen LogP contribution in [0.1, 0.15) is 0 Å². The van der Waals surface area contributed by atoms with E-state index in [-0.39, 0.29) is 26.2 Å². The van der Waals surface area contributed by atoms with Crippen molar-refractivity contribution in [3.05, 3.63) is 54.5 Å². The first-order valence-corrected chi connectivity index (χ1v) is 3.95. The number of hydrogen-bond acceptors (Lipinski definition) is 1. The maximum absolute atomic E-state index is 12.6. The van der Waals surface area contributed by atoms with Crippen LogP contribution in [-0.2, 0) is 20.4 Å². The molecule has 0 radical (unpaired) electrons. The van der Waals surface area contributed by atoms with Crippen molar-refractivity contribution in [3.63, 3.8) is 0 Å². The molecule has 0 atom stereocenters. The van der Waals surface area contributed by atoms with Crippen LogP contribution >= 0.6 is 0 Å². The molecule has 0 amide bonds. The fourth-order valence-electron chi connectivity index (χ4n) is 1.09. The molecule has 2 rings (SSSR count). The van der Waals surface area contributed by atoms with Crippen LogP contribution in [0.5, 0.6) is 0 Å². The number of aromatic nitrogens is 1. The molecule has 1 aromatic carbocycles. The first-order valence-electron chi connectivity index (χ1n) is 3.95. The Labute approximate surface area is 95.7 Å². The molecule has 1 heterocycles. The molecule has 1 aromatic heterocycles. The van der Waals surface area contributed by atoms with Crippen molar-refractivity contribution >= 4 is 0 Å². The normalized spacial score (nSPS) is 9.21. The predicted octanol–water partition coefficient (Wildman–Crippen LogP) is 2.69. The van der Waals surface area contributed by atoms with Crippen molar-refractivity contribution in [1.82, 2.24) is 4.98 Å². The van der Waals surface area contributed by atoms with E-state index in [0.29, 0.717) is 0 Å². The van der Waals surface area contributed by atoms with Crippen LogP contribution in [-0.4, -0.2) is 4.98 Å². The molecule has 2 aromatic rings. The number of benzene rings is 1. The van der Waals surface area contributed by atoms with Gasteiger partial charge in [-0.05, 0) is 11.8 Å². The Hall–Kier alpha value is -1.04. The minimum absolute atomic E-state index is 0. The van der Waals surface area contributed by atoms with Crippen LogP contribution in [0.15, 0.2) is 42.6 Å². The third-order valence-corrected chi connectivity index (χ3v) is 1.72. The minimum atomic E-state index is -0.278.